The van der Waals surface area contributed by atoms with Crippen LogP contribution in [0.15, 0.2) is 0 Å². The van der Waals surface area contributed by atoms with Gasteiger partial charge in [0.15, 0.2) is 0 Å². The van der Waals surface area contributed by atoms with Gasteiger partial charge in [0.05, 0.1) is 0 Å². The van der Waals surface area contributed by atoms with Crippen molar-refractivity contribution in [3.63, 3.8) is 0 Å². The molecule has 0 amide bonds. The monoisotopic (exact) mass is 239 g/mol. The molecule has 1 aliphatic carbocycles. The lowest BCUT2D eigenvalue weighted by molar-refractivity contribution is 0.0524. The standard InChI is InChI=1S/C14H29N3/c1-4-15-13-7-6-8-14(13)17-10-9-16(5-2)12(3)11-17/h12-15H,4-11H2,1-3H3. The maximum atomic E-state index is 3.68. The van der Waals surface area contributed by atoms with Crippen LogP contribution in [0.3, 0.4) is 0 Å². The molecule has 1 aliphatic heterocycles. The molecule has 3 atom stereocenters. The highest BCUT2D eigenvalue weighted by Gasteiger charge is 2.34. The van der Waals surface area contributed by atoms with Crippen LogP contribution in [0.25, 0.3) is 0 Å². The number of likely N-dealkylation sites (N-methyl/N-ethyl adjacent to an activating group) is 2. The summed E-state index contributed by atoms with van der Waals surface area (Å²) in [7, 11) is 0. The Hall–Kier alpha value is -0.120. The molecule has 1 saturated carbocycles. The number of nitrogens with zero attached hydrogens (tertiary/aromatic N) is 2. The van der Waals surface area contributed by atoms with Crippen LogP contribution in [0.1, 0.15) is 40.0 Å². The Morgan fingerprint density at radius 2 is 2.00 bits per heavy atom. The minimum absolute atomic E-state index is 0.733. The van der Waals surface area contributed by atoms with Crippen LogP contribution in [0, 0.1) is 0 Å². The Kier molecular flexibility index (Phi) is 4.83. The molecule has 0 spiro atoms. The molecule has 3 nitrogen and oxygen atoms in total. The lowest BCUT2D eigenvalue weighted by atomic mass is 10.1. The highest BCUT2D eigenvalue weighted by Crippen LogP contribution is 2.26. The summed E-state index contributed by atoms with van der Waals surface area (Å²) in [6.07, 6.45) is 4.18. The zero-order valence-electron chi connectivity index (χ0n) is 11.8. The van der Waals surface area contributed by atoms with E-state index in [1.54, 1.807) is 0 Å². The van der Waals surface area contributed by atoms with E-state index in [1.807, 2.05) is 0 Å². The number of hydrogen-bond acceptors (Lipinski definition) is 3. The van der Waals surface area contributed by atoms with Crippen molar-refractivity contribution in [1.82, 2.24) is 15.1 Å². The van der Waals surface area contributed by atoms with Crippen LogP contribution < -0.4 is 5.32 Å². The van der Waals surface area contributed by atoms with E-state index in [4.69, 9.17) is 0 Å². The van der Waals surface area contributed by atoms with Gasteiger partial charge in [0.2, 0.25) is 0 Å². The van der Waals surface area contributed by atoms with Crippen LogP contribution in [-0.2, 0) is 0 Å². The quantitative estimate of drug-likeness (QED) is 0.803. The van der Waals surface area contributed by atoms with E-state index >= 15 is 0 Å². The molecule has 0 aromatic rings. The maximum Gasteiger partial charge on any atom is 0.0250 e. The number of rotatable bonds is 4. The van der Waals surface area contributed by atoms with Crippen LogP contribution in [0.4, 0.5) is 0 Å². The van der Waals surface area contributed by atoms with Crippen molar-refractivity contribution in [3.8, 4) is 0 Å². The Bertz CT molecular complexity index is 232. The van der Waals surface area contributed by atoms with E-state index in [0.717, 1.165) is 24.7 Å². The van der Waals surface area contributed by atoms with Crippen molar-refractivity contribution in [2.24, 2.45) is 0 Å². The Labute approximate surface area is 107 Å². The molecule has 1 saturated heterocycles. The third kappa shape index (κ3) is 3.01. The van der Waals surface area contributed by atoms with Gasteiger partial charge < -0.3 is 5.32 Å². The Morgan fingerprint density at radius 1 is 1.18 bits per heavy atom. The molecule has 0 aromatic carbocycles. The summed E-state index contributed by atoms with van der Waals surface area (Å²) in [4.78, 5) is 5.35. The first-order chi connectivity index (χ1) is 8.26. The van der Waals surface area contributed by atoms with Crippen LogP contribution >= 0.6 is 0 Å². The highest BCUT2D eigenvalue weighted by atomic mass is 15.3. The van der Waals surface area contributed by atoms with Crippen molar-refractivity contribution in [3.05, 3.63) is 0 Å². The SMILES string of the molecule is CCNC1CCCC1N1CCN(CC)C(C)C1. The first kappa shape index (κ1) is 13.3. The van der Waals surface area contributed by atoms with Crippen molar-refractivity contribution in [2.45, 2.75) is 58.2 Å². The van der Waals surface area contributed by atoms with Gasteiger partial charge in [-0.05, 0) is 32.9 Å². The molecule has 0 bridgehead atoms. The maximum absolute atomic E-state index is 3.68. The molecule has 2 rings (SSSR count). The van der Waals surface area contributed by atoms with Crippen LogP contribution in [0.2, 0.25) is 0 Å². The predicted molar refractivity (Wildman–Crippen MR) is 73.4 cm³/mol. The van der Waals surface area contributed by atoms with Gasteiger partial charge in [-0.15, -0.1) is 0 Å². The van der Waals surface area contributed by atoms with Gasteiger partial charge in [0.25, 0.3) is 0 Å². The lowest BCUT2D eigenvalue weighted by Gasteiger charge is -2.43. The fourth-order valence-corrected chi connectivity index (χ4v) is 3.67. The summed E-state index contributed by atoms with van der Waals surface area (Å²) >= 11 is 0. The zero-order valence-corrected chi connectivity index (χ0v) is 11.8. The Morgan fingerprint density at radius 3 is 2.65 bits per heavy atom. The van der Waals surface area contributed by atoms with E-state index in [9.17, 15) is 0 Å². The van der Waals surface area contributed by atoms with Gasteiger partial charge in [-0.3, -0.25) is 9.80 Å². The predicted octanol–water partition coefficient (Wildman–Crippen LogP) is 1.54. The fraction of sp³-hybridized carbons (Fsp3) is 1.00. The molecule has 2 aliphatic rings. The Balaban J connectivity index is 1.90. The second kappa shape index (κ2) is 6.17. The molecule has 1 heterocycles. The number of piperazine rings is 1. The summed E-state index contributed by atoms with van der Waals surface area (Å²) in [6.45, 7) is 13.0. The lowest BCUT2D eigenvalue weighted by Crippen LogP contribution is -2.57. The summed E-state index contributed by atoms with van der Waals surface area (Å²) in [5.41, 5.74) is 0. The highest BCUT2D eigenvalue weighted by molar-refractivity contribution is 4.93. The average molecular weight is 239 g/mol. The smallest absolute Gasteiger partial charge is 0.0250 e. The van der Waals surface area contributed by atoms with Gasteiger partial charge in [-0.1, -0.05) is 20.3 Å². The normalized spacial score (nSPS) is 36.5. The largest absolute Gasteiger partial charge is 0.313 e. The number of hydrogen-bond donors (Lipinski definition) is 1. The van der Waals surface area contributed by atoms with Gasteiger partial charge in [0.1, 0.15) is 0 Å². The molecule has 0 aromatic heterocycles. The van der Waals surface area contributed by atoms with Crippen molar-refractivity contribution in [2.75, 3.05) is 32.7 Å². The molecular formula is C14H29N3. The second-order valence-electron chi connectivity index (χ2n) is 5.63. The molecule has 2 fully saturated rings. The van der Waals surface area contributed by atoms with Gasteiger partial charge in [0, 0.05) is 37.8 Å². The second-order valence-corrected chi connectivity index (χ2v) is 5.63. The fourth-order valence-electron chi connectivity index (χ4n) is 3.67. The van der Waals surface area contributed by atoms with Gasteiger partial charge in [-0.2, -0.15) is 0 Å². The van der Waals surface area contributed by atoms with Crippen LogP contribution in [-0.4, -0.2) is 60.6 Å². The van der Waals surface area contributed by atoms with Crippen molar-refractivity contribution in [1.29, 1.82) is 0 Å². The summed E-state index contributed by atoms with van der Waals surface area (Å²) in [5, 5.41) is 3.68. The van der Waals surface area contributed by atoms with Crippen molar-refractivity contribution < 1.29 is 0 Å². The molecule has 17 heavy (non-hydrogen) atoms. The molecule has 3 heteroatoms. The molecule has 0 radical (unpaired) electrons. The third-order valence-electron chi connectivity index (χ3n) is 4.62. The van der Waals surface area contributed by atoms with E-state index in [0.29, 0.717) is 0 Å². The molecule has 1 N–H and O–H groups in total. The summed E-state index contributed by atoms with van der Waals surface area (Å²) < 4.78 is 0. The van der Waals surface area contributed by atoms with E-state index in [1.165, 1.54) is 45.4 Å². The van der Waals surface area contributed by atoms with E-state index in [-0.39, 0.29) is 0 Å². The number of nitrogens with one attached hydrogen (secondary N) is 1. The first-order valence-corrected chi connectivity index (χ1v) is 7.47. The van der Waals surface area contributed by atoms with Crippen molar-refractivity contribution >= 4 is 0 Å². The van der Waals surface area contributed by atoms with Gasteiger partial charge >= 0.3 is 0 Å². The van der Waals surface area contributed by atoms with Gasteiger partial charge in [-0.25, -0.2) is 0 Å². The van der Waals surface area contributed by atoms with E-state index in [2.05, 4.69) is 35.9 Å². The third-order valence-corrected chi connectivity index (χ3v) is 4.62. The minimum Gasteiger partial charge on any atom is -0.313 e. The topological polar surface area (TPSA) is 18.5 Å². The zero-order chi connectivity index (χ0) is 12.3. The minimum atomic E-state index is 0.733. The van der Waals surface area contributed by atoms with E-state index < -0.39 is 0 Å². The molecular weight excluding hydrogens is 210 g/mol. The summed E-state index contributed by atoms with van der Waals surface area (Å²) in [5.74, 6) is 0. The average Bonchev–Trinajstić information content (AvgIpc) is 2.78. The summed E-state index contributed by atoms with van der Waals surface area (Å²) in [6, 6.07) is 2.29. The molecule has 3 unspecified atom stereocenters. The molecule has 100 valence electrons. The van der Waals surface area contributed by atoms with Crippen LogP contribution in [0.5, 0.6) is 0 Å². The first-order valence-electron chi connectivity index (χ1n) is 7.47.